The van der Waals surface area contributed by atoms with Crippen molar-refractivity contribution in [1.29, 1.82) is 0 Å². The van der Waals surface area contributed by atoms with Crippen LogP contribution in [0.2, 0.25) is 5.02 Å². The fraction of sp³-hybridized carbons (Fsp3) is 0.138. The van der Waals surface area contributed by atoms with Gasteiger partial charge in [0.25, 0.3) is 0 Å². The Morgan fingerprint density at radius 1 is 0.972 bits per heavy atom. The zero-order valence-electron chi connectivity index (χ0n) is 19.6. The first-order chi connectivity index (χ1) is 17.4. The van der Waals surface area contributed by atoms with Gasteiger partial charge < -0.3 is 9.90 Å². The number of rotatable bonds is 6. The molecule has 7 heteroatoms. The molecular weight excluding hydrogens is 474 g/mol. The molecule has 0 bridgehead atoms. The molecule has 2 heterocycles. The van der Waals surface area contributed by atoms with Crippen LogP contribution in [0.3, 0.4) is 0 Å². The number of benzene rings is 3. The number of fused-ring (bicyclic) bond motifs is 1. The molecule has 0 saturated carbocycles. The quantitative estimate of drug-likeness (QED) is 0.413. The van der Waals surface area contributed by atoms with Gasteiger partial charge in [0.15, 0.2) is 0 Å². The first-order valence-corrected chi connectivity index (χ1v) is 12.0. The van der Waals surface area contributed by atoms with E-state index >= 15 is 0 Å². The van der Waals surface area contributed by atoms with E-state index in [4.69, 9.17) is 16.6 Å². The highest BCUT2D eigenvalue weighted by Crippen LogP contribution is 2.40. The molecule has 1 amide bonds. The molecule has 6 nitrogen and oxygen atoms in total. The first kappa shape index (κ1) is 23.6. The molecule has 4 aromatic rings. The Balaban J connectivity index is 1.69. The van der Waals surface area contributed by atoms with E-state index in [1.54, 1.807) is 0 Å². The smallest absolute Gasteiger partial charge is 0.242 e. The summed E-state index contributed by atoms with van der Waals surface area (Å²) < 4.78 is 0. The number of pyridine rings is 1. The van der Waals surface area contributed by atoms with Gasteiger partial charge in [0.1, 0.15) is 0 Å². The molecule has 180 valence electrons. The van der Waals surface area contributed by atoms with Crippen molar-refractivity contribution in [2.45, 2.75) is 25.8 Å². The predicted molar refractivity (Wildman–Crippen MR) is 138 cm³/mol. The second-order valence-corrected chi connectivity index (χ2v) is 9.09. The van der Waals surface area contributed by atoms with Crippen molar-refractivity contribution in [2.75, 3.05) is 0 Å². The predicted octanol–water partition coefficient (Wildman–Crippen LogP) is 4.82. The number of carboxylic acid groups (broad SMARTS) is 1. The highest BCUT2D eigenvalue weighted by molar-refractivity contribution is 6.31. The molecule has 5 rings (SSSR count). The molecule has 1 aliphatic heterocycles. The molecule has 0 saturated heterocycles. The minimum Gasteiger partial charge on any atom is -0.550 e. The molecule has 0 radical (unpaired) electrons. The summed E-state index contributed by atoms with van der Waals surface area (Å²) in [5.74, 6) is -1.60. The van der Waals surface area contributed by atoms with Gasteiger partial charge in [-0.1, -0.05) is 72.3 Å². The van der Waals surface area contributed by atoms with E-state index in [0.717, 1.165) is 44.5 Å². The van der Waals surface area contributed by atoms with Crippen LogP contribution in [0, 0.1) is 6.92 Å². The third kappa shape index (κ3) is 4.55. The van der Waals surface area contributed by atoms with Crippen molar-refractivity contribution < 1.29 is 14.7 Å². The average Bonchev–Trinajstić information content (AvgIpc) is 3.33. The van der Waals surface area contributed by atoms with Crippen LogP contribution in [0.25, 0.3) is 27.7 Å². The van der Waals surface area contributed by atoms with Gasteiger partial charge in [-0.05, 0) is 48.7 Å². The number of carbonyl (C=O) groups excluding carboxylic acids is 2. The lowest BCUT2D eigenvalue weighted by Crippen LogP contribution is -2.40. The van der Waals surface area contributed by atoms with Crippen molar-refractivity contribution in [1.82, 2.24) is 15.4 Å². The molecular formula is C29H23ClN3O3-. The molecule has 1 aromatic heterocycles. The number of hydrogen-bond acceptors (Lipinski definition) is 5. The molecule has 0 unspecified atom stereocenters. The number of hydrazine groups is 1. The van der Waals surface area contributed by atoms with Crippen molar-refractivity contribution >= 4 is 40.1 Å². The van der Waals surface area contributed by atoms with Crippen LogP contribution in [0.4, 0.5) is 0 Å². The lowest BCUT2D eigenvalue weighted by Gasteiger charge is -2.26. The summed E-state index contributed by atoms with van der Waals surface area (Å²) in [6.45, 7) is 1.94. The van der Waals surface area contributed by atoms with Gasteiger partial charge in [-0.15, -0.1) is 0 Å². The Morgan fingerprint density at radius 3 is 2.36 bits per heavy atom. The summed E-state index contributed by atoms with van der Waals surface area (Å²) in [6.07, 6.45) is 1.47. The number of aromatic nitrogens is 1. The van der Waals surface area contributed by atoms with E-state index in [-0.39, 0.29) is 18.7 Å². The number of aliphatic carboxylic acids is 1. The van der Waals surface area contributed by atoms with Gasteiger partial charge in [-0.25, -0.2) is 5.01 Å². The van der Waals surface area contributed by atoms with Crippen LogP contribution in [-0.4, -0.2) is 21.9 Å². The maximum Gasteiger partial charge on any atom is 0.242 e. The van der Waals surface area contributed by atoms with Crippen molar-refractivity contribution in [3.63, 3.8) is 0 Å². The highest BCUT2D eigenvalue weighted by atomic mass is 35.5. The highest BCUT2D eigenvalue weighted by Gasteiger charge is 2.32. The zero-order chi connectivity index (χ0) is 25.2. The van der Waals surface area contributed by atoms with Crippen LogP contribution in [0.15, 0.2) is 84.9 Å². The van der Waals surface area contributed by atoms with Crippen LogP contribution in [-0.2, 0) is 9.59 Å². The van der Waals surface area contributed by atoms with Crippen LogP contribution in [0.5, 0.6) is 0 Å². The monoisotopic (exact) mass is 496 g/mol. The summed E-state index contributed by atoms with van der Waals surface area (Å²) in [7, 11) is 0. The lowest BCUT2D eigenvalue weighted by atomic mass is 9.92. The lowest BCUT2D eigenvalue weighted by molar-refractivity contribution is -0.305. The Kier molecular flexibility index (Phi) is 6.44. The fourth-order valence-electron chi connectivity index (χ4n) is 4.64. The zero-order valence-corrected chi connectivity index (χ0v) is 20.3. The number of nitrogens with zero attached hydrogens (tertiary/aromatic N) is 2. The number of aryl methyl sites for hydroxylation is 1. The summed E-state index contributed by atoms with van der Waals surface area (Å²) in [6, 6.07) is 24.8. The average molecular weight is 497 g/mol. The molecule has 36 heavy (non-hydrogen) atoms. The Labute approximate surface area is 213 Å². The van der Waals surface area contributed by atoms with Gasteiger partial charge in [0.2, 0.25) is 5.91 Å². The molecule has 1 aliphatic rings. The SMILES string of the molecule is Cc1nc2ccc(Cl)cc2c(-c2ccccc2)c1C1=C[C@H](c2ccccc2)N(C(=O)CCC(=O)[O-])N1. The topological polar surface area (TPSA) is 85.4 Å². The Bertz CT molecular complexity index is 1490. The number of halogens is 1. The van der Waals surface area contributed by atoms with Gasteiger partial charge in [-0.3, -0.25) is 15.2 Å². The Hall–Kier alpha value is -4.16. The van der Waals surface area contributed by atoms with Gasteiger partial charge in [0.05, 0.1) is 17.3 Å². The van der Waals surface area contributed by atoms with Crippen molar-refractivity contribution in [3.8, 4) is 11.1 Å². The van der Waals surface area contributed by atoms with E-state index < -0.39 is 12.0 Å². The minimum absolute atomic E-state index is 0.171. The summed E-state index contributed by atoms with van der Waals surface area (Å²) in [5.41, 5.74) is 9.30. The maximum atomic E-state index is 13.1. The summed E-state index contributed by atoms with van der Waals surface area (Å²) >= 11 is 6.39. The third-order valence-corrected chi connectivity index (χ3v) is 6.49. The van der Waals surface area contributed by atoms with Gasteiger partial charge in [-0.2, -0.15) is 0 Å². The van der Waals surface area contributed by atoms with Crippen molar-refractivity contribution in [3.05, 3.63) is 107 Å². The Morgan fingerprint density at radius 2 is 1.67 bits per heavy atom. The number of carbonyl (C=O) groups is 2. The second kappa shape index (κ2) is 9.84. The van der Waals surface area contributed by atoms with E-state index in [1.165, 1.54) is 5.01 Å². The molecule has 3 aromatic carbocycles. The molecule has 0 aliphatic carbocycles. The molecule has 1 N–H and O–H groups in total. The maximum absolute atomic E-state index is 13.1. The largest absolute Gasteiger partial charge is 0.550 e. The van der Waals surface area contributed by atoms with E-state index in [2.05, 4.69) is 5.43 Å². The number of nitrogens with one attached hydrogen (secondary N) is 1. The van der Waals surface area contributed by atoms with Crippen LogP contribution < -0.4 is 10.5 Å². The number of amides is 1. The third-order valence-electron chi connectivity index (χ3n) is 6.26. The normalized spacial score (nSPS) is 15.0. The van der Waals surface area contributed by atoms with Gasteiger partial charge >= 0.3 is 0 Å². The number of carboxylic acids is 1. The fourth-order valence-corrected chi connectivity index (χ4v) is 4.82. The second-order valence-electron chi connectivity index (χ2n) is 8.66. The van der Waals surface area contributed by atoms with Crippen molar-refractivity contribution in [2.24, 2.45) is 0 Å². The van der Waals surface area contributed by atoms with Crippen LogP contribution in [0.1, 0.15) is 35.7 Å². The summed E-state index contributed by atoms with van der Waals surface area (Å²) in [4.78, 5) is 29.0. The summed E-state index contributed by atoms with van der Waals surface area (Å²) in [5, 5.41) is 14.0. The molecule has 0 spiro atoms. The van der Waals surface area contributed by atoms with E-state index in [9.17, 15) is 14.7 Å². The molecule has 0 fully saturated rings. The first-order valence-electron chi connectivity index (χ1n) is 11.6. The standard InChI is InChI=1S/C29H24ClN3O3/c1-18-28(29(20-10-6-3-7-11-20)22-16-21(30)12-13-23(22)31-18)24-17-25(19-8-4-2-5-9-19)33(32-24)26(34)14-15-27(35)36/h2-13,16-17,25,32H,14-15H2,1H3,(H,35,36)/p-1/t25-/m1/s1. The van der Waals surface area contributed by atoms with Crippen LogP contribution >= 0.6 is 11.6 Å². The van der Waals surface area contributed by atoms with E-state index in [1.807, 2.05) is 91.9 Å². The molecule has 1 atom stereocenters. The minimum atomic E-state index is -1.26. The number of hydrogen-bond donors (Lipinski definition) is 1. The van der Waals surface area contributed by atoms with Gasteiger partial charge in [0, 0.05) is 39.6 Å². The van der Waals surface area contributed by atoms with E-state index in [0.29, 0.717) is 5.02 Å².